The summed E-state index contributed by atoms with van der Waals surface area (Å²) in [7, 11) is 0. The first-order valence-electron chi connectivity index (χ1n) is 11.7. The van der Waals surface area contributed by atoms with Gasteiger partial charge in [-0.25, -0.2) is 0 Å². The second-order valence-corrected chi connectivity index (χ2v) is 7.94. The van der Waals surface area contributed by atoms with Gasteiger partial charge in [-0.3, -0.25) is 0 Å². The van der Waals surface area contributed by atoms with Gasteiger partial charge in [0.05, 0.1) is 0 Å². The maximum Gasteiger partial charge on any atom is -0.0233 e. The van der Waals surface area contributed by atoms with Gasteiger partial charge < -0.3 is 0 Å². The Bertz CT molecular complexity index is 1150. The Morgan fingerprint density at radius 2 is 1.00 bits per heavy atom. The molecule has 4 aromatic carbocycles. The van der Waals surface area contributed by atoms with Crippen molar-refractivity contribution in [2.24, 2.45) is 0 Å². The highest BCUT2D eigenvalue weighted by molar-refractivity contribution is 5.60. The minimum atomic E-state index is 1.12. The van der Waals surface area contributed by atoms with Crippen molar-refractivity contribution in [3.63, 3.8) is 0 Å². The van der Waals surface area contributed by atoms with Gasteiger partial charge in [-0.2, -0.15) is 0 Å². The molecule has 0 amide bonds. The fraction of sp³-hybridized carbons (Fsp3) is 0.0857. The number of allylic oxidation sites excluding steroid dienone is 1. The normalized spacial score (nSPS) is 8.89. The minimum absolute atomic E-state index is 1.12. The molecule has 0 saturated heterocycles. The third-order valence-corrected chi connectivity index (χ3v) is 5.02. The molecule has 0 aliphatic rings. The van der Waals surface area contributed by atoms with Crippen molar-refractivity contribution < 1.29 is 0 Å². The lowest BCUT2D eigenvalue weighted by Crippen LogP contribution is -1.75. The summed E-state index contributed by atoms with van der Waals surface area (Å²) in [6.45, 7) is 21.0. The first-order valence-corrected chi connectivity index (χ1v) is 11.7. The van der Waals surface area contributed by atoms with E-state index in [0.29, 0.717) is 0 Å². The van der Waals surface area contributed by atoms with Crippen LogP contribution in [0.3, 0.4) is 0 Å². The van der Waals surface area contributed by atoms with Crippen molar-refractivity contribution in [3.8, 4) is 0 Å². The Hall–Kier alpha value is -4.16. The molecule has 0 atom stereocenters. The molecule has 0 saturated carbocycles. The van der Waals surface area contributed by atoms with E-state index in [1.54, 1.807) is 0 Å². The van der Waals surface area contributed by atoms with E-state index in [9.17, 15) is 0 Å². The molecule has 0 heterocycles. The minimum Gasteiger partial charge on any atom is -0.0985 e. The van der Waals surface area contributed by atoms with E-state index in [1.807, 2.05) is 85.8 Å². The second-order valence-electron chi connectivity index (χ2n) is 7.94. The molecule has 0 N–H and O–H groups in total. The Morgan fingerprint density at radius 3 is 1.37 bits per heavy atom. The Morgan fingerprint density at radius 1 is 0.543 bits per heavy atom. The predicted molar refractivity (Wildman–Crippen MR) is 160 cm³/mol. The van der Waals surface area contributed by atoms with E-state index in [0.717, 1.165) is 5.57 Å². The number of hydrogen-bond acceptors (Lipinski definition) is 0. The molecular formula is C35H38. The quantitative estimate of drug-likeness (QED) is 0.285. The van der Waals surface area contributed by atoms with Gasteiger partial charge in [-0.05, 0) is 48.6 Å². The summed E-state index contributed by atoms with van der Waals surface area (Å²) in [5.41, 5.74) is 8.49. The standard InChI is InChI=1S/3C9H10.C8H8/c1-8(2)9-6-4-3-5-7-9;1-3-9-6-4-8(2)5-7-9;1-3-9-7-5-4-6-8(9)2;1-2-8-6-4-3-5-7-8/h3*3-7H,1H2,2H3;2-7H,1H2. The Labute approximate surface area is 213 Å². The zero-order valence-corrected chi connectivity index (χ0v) is 21.5. The highest BCUT2D eigenvalue weighted by atomic mass is 13.9. The summed E-state index contributed by atoms with van der Waals surface area (Å²) in [5, 5.41) is 0. The van der Waals surface area contributed by atoms with E-state index in [2.05, 4.69) is 88.7 Å². The van der Waals surface area contributed by atoms with Crippen LogP contribution in [0.4, 0.5) is 0 Å². The lowest BCUT2D eigenvalue weighted by atomic mass is 10.1. The average Bonchev–Trinajstić information content (AvgIpc) is 2.91. The summed E-state index contributed by atoms with van der Waals surface area (Å²) in [6, 6.07) is 36.6. The van der Waals surface area contributed by atoms with Gasteiger partial charge in [-0.15, -0.1) is 0 Å². The van der Waals surface area contributed by atoms with Crippen molar-refractivity contribution >= 4 is 23.8 Å². The molecule has 0 radical (unpaired) electrons. The molecule has 0 aliphatic heterocycles. The highest BCUT2D eigenvalue weighted by Crippen LogP contribution is 2.09. The van der Waals surface area contributed by atoms with Crippen LogP contribution in [0.25, 0.3) is 23.8 Å². The molecule has 0 fully saturated rings. The molecular weight excluding hydrogens is 420 g/mol. The smallest absolute Gasteiger partial charge is 0.0233 e. The molecule has 0 spiro atoms. The maximum atomic E-state index is 3.83. The predicted octanol–water partition coefficient (Wildman–Crippen LogP) is 10.3. The molecule has 0 bridgehead atoms. The topological polar surface area (TPSA) is 0 Å². The largest absolute Gasteiger partial charge is 0.0985 e. The molecule has 4 rings (SSSR count). The summed E-state index contributed by atoms with van der Waals surface area (Å²) < 4.78 is 0. The van der Waals surface area contributed by atoms with Crippen LogP contribution in [0.15, 0.2) is 136 Å². The van der Waals surface area contributed by atoms with E-state index < -0.39 is 0 Å². The molecule has 0 nitrogen and oxygen atoms in total. The lowest BCUT2D eigenvalue weighted by Gasteiger charge is -1.95. The lowest BCUT2D eigenvalue weighted by molar-refractivity contribution is 1.45. The first-order chi connectivity index (χ1) is 16.9. The van der Waals surface area contributed by atoms with Crippen LogP contribution in [-0.4, -0.2) is 0 Å². The first kappa shape index (κ1) is 28.9. The van der Waals surface area contributed by atoms with Gasteiger partial charge in [0.25, 0.3) is 0 Å². The van der Waals surface area contributed by atoms with E-state index >= 15 is 0 Å². The molecule has 0 aromatic heterocycles. The molecule has 178 valence electrons. The van der Waals surface area contributed by atoms with Crippen LogP contribution in [0.1, 0.15) is 40.3 Å². The van der Waals surface area contributed by atoms with E-state index in [-0.39, 0.29) is 0 Å². The van der Waals surface area contributed by atoms with Crippen molar-refractivity contribution in [2.75, 3.05) is 0 Å². The Balaban J connectivity index is 0.000000234. The van der Waals surface area contributed by atoms with Crippen LogP contribution in [0, 0.1) is 13.8 Å². The monoisotopic (exact) mass is 458 g/mol. The van der Waals surface area contributed by atoms with Crippen LogP contribution in [0.2, 0.25) is 0 Å². The number of benzene rings is 4. The van der Waals surface area contributed by atoms with Gasteiger partial charge in [0.2, 0.25) is 0 Å². The van der Waals surface area contributed by atoms with E-state index in [4.69, 9.17) is 0 Å². The number of aryl methyl sites for hydroxylation is 2. The van der Waals surface area contributed by atoms with Gasteiger partial charge >= 0.3 is 0 Å². The SMILES string of the molecule is C=C(C)c1ccccc1.C=Cc1ccc(C)cc1.C=Cc1ccccc1.C=Cc1ccccc1C. The number of hydrogen-bond donors (Lipinski definition) is 0. The molecule has 4 aromatic rings. The molecule has 0 heteroatoms. The maximum absolute atomic E-state index is 3.83. The van der Waals surface area contributed by atoms with Gasteiger partial charge in [0.15, 0.2) is 0 Å². The van der Waals surface area contributed by atoms with Crippen LogP contribution >= 0.6 is 0 Å². The number of rotatable bonds is 4. The van der Waals surface area contributed by atoms with Gasteiger partial charge in [-0.1, -0.05) is 165 Å². The summed E-state index contributed by atoms with van der Waals surface area (Å²) in [4.78, 5) is 0. The van der Waals surface area contributed by atoms with E-state index in [1.165, 1.54) is 33.4 Å². The van der Waals surface area contributed by atoms with Crippen molar-refractivity contribution in [1.29, 1.82) is 0 Å². The van der Waals surface area contributed by atoms with Gasteiger partial charge in [0, 0.05) is 0 Å². The van der Waals surface area contributed by atoms with Crippen molar-refractivity contribution in [3.05, 3.63) is 169 Å². The zero-order valence-electron chi connectivity index (χ0n) is 21.5. The fourth-order valence-electron chi connectivity index (χ4n) is 2.83. The van der Waals surface area contributed by atoms with Crippen molar-refractivity contribution in [2.45, 2.75) is 20.8 Å². The highest BCUT2D eigenvalue weighted by Gasteiger charge is 1.87. The second kappa shape index (κ2) is 17.3. The third kappa shape index (κ3) is 12.6. The summed E-state index contributed by atoms with van der Waals surface area (Å²) in [6.07, 6.45) is 5.55. The van der Waals surface area contributed by atoms with Crippen LogP contribution in [0.5, 0.6) is 0 Å². The molecule has 0 aliphatic carbocycles. The molecule has 35 heavy (non-hydrogen) atoms. The van der Waals surface area contributed by atoms with Crippen LogP contribution < -0.4 is 0 Å². The summed E-state index contributed by atoms with van der Waals surface area (Å²) >= 11 is 0. The summed E-state index contributed by atoms with van der Waals surface area (Å²) in [5.74, 6) is 0. The fourth-order valence-corrected chi connectivity index (χ4v) is 2.83. The molecule has 0 unspecified atom stereocenters. The Kier molecular flexibility index (Phi) is 14.3. The zero-order chi connectivity index (χ0) is 25.9. The van der Waals surface area contributed by atoms with Crippen molar-refractivity contribution in [1.82, 2.24) is 0 Å². The van der Waals surface area contributed by atoms with Crippen LogP contribution in [-0.2, 0) is 0 Å². The third-order valence-electron chi connectivity index (χ3n) is 5.02. The average molecular weight is 459 g/mol. The van der Waals surface area contributed by atoms with Gasteiger partial charge in [0.1, 0.15) is 0 Å².